The molecule has 1 heterocycles. The molecule has 3 aromatic rings. The second kappa shape index (κ2) is 10.1. The molecule has 1 N–H and O–H groups in total. The topological polar surface area (TPSA) is 102 Å². The van der Waals surface area contributed by atoms with Crippen molar-refractivity contribution in [3.8, 4) is 0 Å². The van der Waals surface area contributed by atoms with Crippen LogP contribution in [-0.2, 0) is 27.5 Å². The van der Waals surface area contributed by atoms with Crippen molar-refractivity contribution in [1.82, 2.24) is 10.2 Å². The highest BCUT2D eigenvalue weighted by Gasteiger charge is 2.19. The summed E-state index contributed by atoms with van der Waals surface area (Å²) in [4.78, 5) is 13.7. The number of hydrogen-bond donors (Lipinski definition) is 1. The lowest BCUT2D eigenvalue weighted by molar-refractivity contribution is -0.115. The molecule has 2 aromatic carbocycles. The van der Waals surface area contributed by atoms with Crippen molar-refractivity contribution in [2.45, 2.75) is 48.7 Å². The van der Waals surface area contributed by atoms with Gasteiger partial charge in [0.15, 0.2) is 9.84 Å². The monoisotopic (exact) mass is 459 g/mol. The van der Waals surface area contributed by atoms with Crippen LogP contribution >= 0.6 is 11.8 Å². The first-order valence-electron chi connectivity index (χ1n) is 9.94. The van der Waals surface area contributed by atoms with Gasteiger partial charge in [-0.3, -0.25) is 10.1 Å². The summed E-state index contributed by atoms with van der Waals surface area (Å²) in [6, 6.07) is 14.5. The highest BCUT2D eigenvalue weighted by molar-refractivity contribution is 7.99. The van der Waals surface area contributed by atoms with E-state index >= 15 is 0 Å². The Balaban J connectivity index is 1.57. The van der Waals surface area contributed by atoms with Crippen LogP contribution in [0.15, 0.2) is 62.7 Å². The van der Waals surface area contributed by atoms with Gasteiger partial charge in [0.1, 0.15) is 0 Å². The summed E-state index contributed by atoms with van der Waals surface area (Å²) in [5.74, 6) is 1.09. The summed E-state index contributed by atoms with van der Waals surface area (Å²) < 4.78 is 29.9. The first kappa shape index (κ1) is 23.0. The second-order valence-corrected chi connectivity index (χ2v) is 11.1. The molecule has 1 aromatic heterocycles. The normalized spacial score (nSPS) is 11.6. The summed E-state index contributed by atoms with van der Waals surface area (Å²) in [5, 5.41) is 9.95. The molecule has 0 radical (unpaired) electrons. The van der Waals surface area contributed by atoms with Crippen LogP contribution < -0.4 is 5.32 Å². The Kier molecular flexibility index (Phi) is 7.50. The molecule has 0 unspecified atom stereocenters. The Morgan fingerprint density at radius 1 is 1.03 bits per heavy atom. The number of nitrogens with zero attached hydrogens (tertiary/aromatic N) is 2. The Bertz CT molecular complexity index is 1120. The number of rotatable bonds is 9. The number of amides is 1. The van der Waals surface area contributed by atoms with E-state index in [0.29, 0.717) is 12.3 Å². The number of carbonyl (C=O) groups is 1. The predicted molar refractivity (Wildman–Crippen MR) is 121 cm³/mol. The van der Waals surface area contributed by atoms with E-state index in [1.54, 1.807) is 49.9 Å². The lowest BCUT2D eigenvalue weighted by atomic mass is 10.1. The average molecular weight is 460 g/mol. The van der Waals surface area contributed by atoms with E-state index in [2.05, 4.69) is 22.4 Å². The van der Waals surface area contributed by atoms with Crippen LogP contribution in [-0.4, -0.2) is 35.5 Å². The highest BCUT2D eigenvalue weighted by atomic mass is 32.2. The number of benzene rings is 2. The Labute approximate surface area is 186 Å². The van der Waals surface area contributed by atoms with Crippen LogP contribution in [0.25, 0.3) is 0 Å². The molecule has 31 heavy (non-hydrogen) atoms. The van der Waals surface area contributed by atoms with Crippen molar-refractivity contribution < 1.29 is 17.6 Å². The molecule has 0 aliphatic heterocycles. The Morgan fingerprint density at radius 2 is 1.68 bits per heavy atom. The summed E-state index contributed by atoms with van der Waals surface area (Å²) >= 11 is 1.75. The number of nitrogens with one attached hydrogen (secondary N) is 1. The highest BCUT2D eigenvalue weighted by Crippen LogP contribution is 2.19. The molecule has 3 rings (SSSR count). The Morgan fingerprint density at radius 3 is 2.29 bits per heavy atom. The van der Waals surface area contributed by atoms with Gasteiger partial charge in [-0.1, -0.05) is 36.3 Å². The Hall–Kier alpha value is -2.65. The van der Waals surface area contributed by atoms with Gasteiger partial charge < -0.3 is 4.42 Å². The van der Waals surface area contributed by atoms with Crippen molar-refractivity contribution >= 4 is 33.5 Å². The maximum absolute atomic E-state index is 12.2. The third-order valence-corrected chi connectivity index (χ3v) is 7.60. The first-order chi connectivity index (χ1) is 14.8. The van der Waals surface area contributed by atoms with Crippen molar-refractivity contribution in [1.29, 1.82) is 0 Å². The number of hydrogen-bond acceptors (Lipinski definition) is 7. The van der Waals surface area contributed by atoms with E-state index in [-0.39, 0.29) is 23.2 Å². The van der Waals surface area contributed by atoms with E-state index in [4.69, 9.17) is 4.42 Å². The zero-order valence-corrected chi connectivity index (χ0v) is 19.3. The van der Waals surface area contributed by atoms with Crippen LogP contribution in [0, 0.1) is 0 Å². The van der Waals surface area contributed by atoms with Gasteiger partial charge in [-0.2, -0.15) is 0 Å². The zero-order valence-electron chi connectivity index (χ0n) is 17.7. The zero-order chi connectivity index (χ0) is 22.4. The minimum absolute atomic E-state index is 0.0390. The molecule has 0 bridgehead atoms. The van der Waals surface area contributed by atoms with Crippen molar-refractivity contribution in [3.05, 3.63) is 65.5 Å². The first-order valence-corrected chi connectivity index (χ1v) is 12.5. The quantitative estimate of drug-likeness (QED) is 0.480. The minimum atomic E-state index is -3.31. The molecule has 0 fully saturated rings. The van der Waals surface area contributed by atoms with Crippen LogP contribution in [0.1, 0.15) is 37.8 Å². The van der Waals surface area contributed by atoms with E-state index < -0.39 is 15.1 Å². The van der Waals surface area contributed by atoms with Gasteiger partial charge in [-0.25, -0.2) is 8.42 Å². The summed E-state index contributed by atoms with van der Waals surface area (Å²) in [6.07, 6.45) is 0.544. The number of thioether (sulfide) groups is 1. The molecule has 0 saturated heterocycles. The molecular formula is C22H25N3O4S2. The van der Waals surface area contributed by atoms with Crippen LogP contribution in [0.5, 0.6) is 0 Å². The SMILES string of the molecule is CCSc1ccc(CC(=O)Nc2nnc(Cc3ccc(S(=O)(=O)C(C)C)cc3)o2)cc1. The largest absolute Gasteiger partial charge is 0.407 e. The predicted octanol–water partition coefficient (Wildman–Crippen LogP) is 4.14. The van der Waals surface area contributed by atoms with E-state index in [0.717, 1.165) is 16.9 Å². The standard InChI is InChI=1S/C22H25N3O4S2/c1-4-30-18-9-5-16(6-10-18)13-20(26)23-22-25-24-21(29-22)14-17-7-11-19(12-8-17)31(27,28)15(2)3/h5-12,15H,4,13-14H2,1-3H3,(H,23,25,26). The number of sulfone groups is 1. The summed E-state index contributed by atoms with van der Waals surface area (Å²) in [6.45, 7) is 5.40. The minimum Gasteiger partial charge on any atom is -0.407 e. The fourth-order valence-electron chi connectivity index (χ4n) is 2.84. The molecule has 7 nitrogen and oxygen atoms in total. The molecule has 9 heteroatoms. The summed E-state index contributed by atoms with van der Waals surface area (Å²) in [7, 11) is -3.31. The molecular weight excluding hydrogens is 434 g/mol. The van der Waals surface area contributed by atoms with Gasteiger partial charge >= 0.3 is 6.01 Å². The number of aromatic nitrogens is 2. The lowest BCUT2D eigenvalue weighted by Crippen LogP contribution is -2.14. The fourth-order valence-corrected chi connectivity index (χ4v) is 4.56. The van der Waals surface area contributed by atoms with Gasteiger partial charge in [0, 0.05) is 4.90 Å². The maximum Gasteiger partial charge on any atom is 0.322 e. The lowest BCUT2D eigenvalue weighted by Gasteiger charge is -2.08. The third-order valence-electron chi connectivity index (χ3n) is 4.54. The maximum atomic E-state index is 12.2. The van der Waals surface area contributed by atoms with E-state index in [9.17, 15) is 13.2 Å². The molecule has 0 saturated carbocycles. The van der Waals surface area contributed by atoms with E-state index in [1.807, 2.05) is 24.3 Å². The molecule has 0 aliphatic carbocycles. The third kappa shape index (κ3) is 6.18. The molecule has 0 aliphatic rings. The van der Waals surface area contributed by atoms with Crippen molar-refractivity contribution in [3.63, 3.8) is 0 Å². The smallest absolute Gasteiger partial charge is 0.322 e. The van der Waals surface area contributed by atoms with Gasteiger partial charge in [0.25, 0.3) is 0 Å². The van der Waals surface area contributed by atoms with Crippen LogP contribution in [0.2, 0.25) is 0 Å². The number of anilines is 1. The summed E-state index contributed by atoms with van der Waals surface area (Å²) in [5.41, 5.74) is 1.73. The molecule has 164 valence electrons. The van der Waals surface area contributed by atoms with Crippen molar-refractivity contribution in [2.24, 2.45) is 0 Å². The van der Waals surface area contributed by atoms with Crippen LogP contribution in [0.3, 0.4) is 0 Å². The second-order valence-electron chi connectivity index (χ2n) is 7.22. The van der Waals surface area contributed by atoms with Crippen molar-refractivity contribution in [2.75, 3.05) is 11.1 Å². The van der Waals surface area contributed by atoms with Gasteiger partial charge in [0.05, 0.1) is 23.0 Å². The average Bonchev–Trinajstić information content (AvgIpc) is 3.16. The van der Waals surface area contributed by atoms with E-state index in [1.165, 1.54) is 4.90 Å². The van der Waals surface area contributed by atoms with Gasteiger partial charge in [0.2, 0.25) is 11.8 Å². The fraction of sp³-hybridized carbons (Fsp3) is 0.318. The number of carbonyl (C=O) groups excluding carboxylic acids is 1. The van der Waals surface area contributed by atoms with Gasteiger partial charge in [-0.15, -0.1) is 16.9 Å². The molecule has 0 spiro atoms. The molecule has 1 amide bonds. The van der Waals surface area contributed by atoms with Gasteiger partial charge in [-0.05, 0) is 55.0 Å². The molecule has 0 atom stereocenters. The van der Waals surface area contributed by atoms with Crippen LogP contribution in [0.4, 0.5) is 6.01 Å².